The molecular formula is C12H17NO4. The minimum atomic E-state index is -0.304. The topological polar surface area (TPSA) is 81.0 Å². The Labute approximate surface area is 99.9 Å². The fourth-order valence-corrected chi connectivity index (χ4v) is 1.58. The summed E-state index contributed by atoms with van der Waals surface area (Å²) in [7, 11) is 0. The Morgan fingerprint density at radius 2 is 1.82 bits per heavy atom. The van der Waals surface area contributed by atoms with Crippen LogP contribution in [0.4, 0.5) is 0 Å². The van der Waals surface area contributed by atoms with Crippen LogP contribution in [0.1, 0.15) is 15.9 Å². The Morgan fingerprint density at radius 1 is 1.24 bits per heavy atom. The van der Waals surface area contributed by atoms with Crippen LogP contribution in [0.2, 0.25) is 0 Å². The molecule has 5 nitrogen and oxygen atoms in total. The monoisotopic (exact) mass is 239 g/mol. The minimum Gasteiger partial charge on any atom is -0.508 e. The summed E-state index contributed by atoms with van der Waals surface area (Å²) < 4.78 is 0. The van der Waals surface area contributed by atoms with E-state index in [1.165, 1.54) is 11.0 Å². The van der Waals surface area contributed by atoms with E-state index < -0.39 is 0 Å². The van der Waals surface area contributed by atoms with Crippen LogP contribution in [0, 0.1) is 6.92 Å². The zero-order chi connectivity index (χ0) is 12.8. The van der Waals surface area contributed by atoms with Crippen LogP contribution >= 0.6 is 0 Å². The highest BCUT2D eigenvalue weighted by Gasteiger charge is 2.17. The summed E-state index contributed by atoms with van der Waals surface area (Å²) in [5.41, 5.74) is 0.880. The summed E-state index contributed by atoms with van der Waals surface area (Å²) in [4.78, 5) is 13.4. The number of rotatable bonds is 5. The number of aliphatic hydroxyl groups excluding tert-OH is 2. The zero-order valence-electron chi connectivity index (χ0n) is 9.76. The van der Waals surface area contributed by atoms with Crippen molar-refractivity contribution in [3.05, 3.63) is 29.3 Å². The van der Waals surface area contributed by atoms with Gasteiger partial charge in [0.2, 0.25) is 0 Å². The van der Waals surface area contributed by atoms with E-state index in [1.54, 1.807) is 19.1 Å². The molecule has 0 unspecified atom stereocenters. The molecule has 1 aromatic carbocycles. The third-order valence-corrected chi connectivity index (χ3v) is 2.56. The number of aromatic hydroxyl groups is 1. The SMILES string of the molecule is Cc1c(O)cccc1C(=O)N(CCO)CCO. The lowest BCUT2D eigenvalue weighted by Crippen LogP contribution is -2.36. The Morgan fingerprint density at radius 3 is 2.35 bits per heavy atom. The Kier molecular flexibility index (Phi) is 4.93. The third-order valence-electron chi connectivity index (χ3n) is 2.56. The van der Waals surface area contributed by atoms with Gasteiger partial charge >= 0.3 is 0 Å². The van der Waals surface area contributed by atoms with Gasteiger partial charge in [-0.15, -0.1) is 0 Å². The van der Waals surface area contributed by atoms with E-state index in [2.05, 4.69) is 0 Å². The molecule has 0 aliphatic carbocycles. The molecule has 0 saturated carbocycles. The molecule has 0 aliphatic rings. The number of carbonyl (C=O) groups excluding carboxylic acids is 1. The summed E-state index contributed by atoms with van der Waals surface area (Å²) >= 11 is 0. The van der Waals surface area contributed by atoms with Crippen LogP contribution in [0.25, 0.3) is 0 Å². The molecule has 0 atom stereocenters. The van der Waals surface area contributed by atoms with E-state index in [0.29, 0.717) is 11.1 Å². The highest BCUT2D eigenvalue weighted by molar-refractivity contribution is 5.96. The van der Waals surface area contributed by atoms with Gasteiger partial charge in [-0.2, -0.15) is 0 Å². The first-order valence-electron chi connectivity index (χ1n) is 5.41. The van der Waals surface area contributed by atoms with Gasteiger partial charge < -0.3 is 20.2 Å². The summed E-state index contributed by atoms with van der Waals surface area (Å²) in [6, 6.07) is 4.71. The van der Waals surface area contributed by atoms with Crippen molar-refractivity contribution >= 4 is 5.91 Å². The second-order valence-corrected chi connectivity index (χ2v) is 3.69. The zero-order valence-corrected chi connectivity index (χ0v) is 9.76. The second-order valence-electron chi connectivity index (χ2n) is 3.69. The van der Waals surface area contributed by atoms with Gasteiger partial charge in [-0.3, -0.25) is 4.79 Å². The van der Waals surface area contributed by atoms with Crippen molar-refractivity contribution in [2.75, 3.05) is 26.3 Å². The molecule has 5 heteroatoms. The lowest BCUT2D eigenvalue weighted by molar-refractivity contribution is 0.0683. The maximum atomic E-state index is 12.1. The number of aliphatic hydroxyl groups is 2. The molecule has 0 fully saturated rings. The van der Waals surface area contributed by atoms with Crippen molar-refractivity contribution in [1.29, 1.82) is 0 Å². The van der Waals surface area contributed by atoms with Gasteiger partial charge in [0.25, 0.3) is 5.91 Å². The van der Waals surface area contributed by atoms with Crippen LogP contribution in [-0.2, 0) is 0 Å². The average molecular weight is 239 g/mol. The summed E-state index contributed by atoms with van der Waals surface area (Å²) in [6.45, 7) is 1.65. The molecule has 0 spiro atoms. The van der Waals surface area contributed by atoms with Crippen molar-refractivity contribution in [1.82, 2.24) is 4.90 Å². The van der Waals surface area contributed by atoms with Crippen LogP contribution in [-0.4, -0.2) is 52.4 Å². The highest BCUT2D eigenvalue weighted by Crippen LogP contribution is 2.20. The summed E-state index contributed by atoms with van der Waals surface area (Å²) in [5, 5.41) is 27.2. The molecular weight excluding hydrogens is 222 g/mol. The van der Waals surface area contributed by atoms with Gasteiger partial charge in [0.1, 0.15) is 5.75 Å². The van der Waals surface area contributed by atoms with Crippen LogP contribution in [0.5, 0.6) is 5.75 Å². The predicted octanol–water partition coefficient (Wildman–Crippen LogP) is 0.127. The molecule has 0 aromatic heterocycles. The maximum Gasteiger partial charge on any atom is 0.254 e. The number of hydrogen-bond acceptors (Lipinski definition) is 4. The first-order chi connectivity index (χ1) is 8.11. The van der Waals surface area contributed by atoms with Crippen molar-refractivity contribution in [2.24, 2.45) is 0 Å². The molecule has 1 aromatic rings. The normalized spacial score (nSPS) is 10.3. The molecule has 1 amide bonds. The molecule has 3 N–H and O–H groups in total. The molecule has 94 valence electrons. The van der Waals surface area contributed by atoms with Crippen molar-refractivity contribution < 1.29 is 20.1 Å². The van der Waals surface area contributed by atoms with Gasteiger partial charge in [-0.1, -0.05) is 6.07 Å². The molecule has 0 aliphatic heterocycles. The van der Waals surface area contributed by atoms with E-state index in [0.717, 1.165) is 0 Å². The number of amides is 1. The number of phenols is 1. The second kappa shape index (κ2) is 6.22. The quantitative estimate of drug-likeness (QED) is 0.682. The van der Waals surface area contributed by atoms with Gasteiger partial charge in [-0.05, 0) is 19.1 Å². The molecule has 0 heterocycles. The minimum absolute atomic E-state index is 0.0591. The van der Waals surface area contributed by atoms with E-state index >= 15 is 0 Å². The molecule has 0 radical (unpaired) electrons. The summed E-state index contributed by atoms with van der Waals surface area (Å²) in [5.74, 6) is -0.245. The number of phenolic OH excluding ortho intramolecular Hbond substituents is 1. The number of carbonyl (C=O) groups is 1. The van der Waals surface area contributed by atoms with Gasteiger partial charge in [0.15, 0.2) is 0 Å². The molecule has 0 saturated heterocycles. The Balaban J connectivity index is 2.96. The highest BCUT2D eigenvalue weighted by atomic mass is 16.3. The fourth-order valence-electron chi connectivity index (χ4n) is 1.58. The van der Waals surface area contributed by atoms with Crippen molar-refractivity contribution in [3.8, 4) is 5.75 Å². The first-order valence-corrected chi connectivity index (χ1v) is 5.41. The van der Waals surface area contributed by atoms with Crippen LogP contribution in [0.3, 0.4) is 0 Å². The van der Waals surface area contributed by atoms with E-state index in [-0.39, 0.29) is 38.0 Å². The van der Waals surface area contributed by atoms with Crippen molar-refractivity contribution in [2.45, 2.75) is 6.92 Å². The lowest BCUT2D eigenvalue weighted by atomic mass is 10.1. The summed E-state index contributed by atoms with van der Waals surface area (Å²) in [6.07, 6.45) is 0. The maximum absolute atomic E-state index is 12.1. The molecule has 17 heavy (non-hydrogen) atoms. The molecule has 0 bridgehead atoms. The van der Waals surface area contributed by atoms with Gasteiger partial charge in [0, 0.05) is 24.2 Å². The fraction of sp³-hybridized carbons (Fsp3) is 0.417. The van der Waals surface area contributed by atoms with E-state index in [1.807, 2.05) is 0 Å². The number of hydrogen-bond donors (Lipinski definition) is 3. The molecule has 1 rings (SSSR count). The first kappa shape index (κ1) is 13.5. The smallest absolute Gasteiger partial charge is 0.254 e. The Bertz CT molecular complexity index is 386. The van der Waals surface area contributed by atoms with Crippen molar-refractivity contribution in [3.63, 3.8) is 0 Å². The number of nitrogens with zero attached hydrogens (tertiary/aromatic N) is 1. The Hall–Kier alpha value is -1.59. The third kappa shape index (κ3) is 3.18. The van der Waals surface area contributed by atoms with Gasteiger partial charge in [-0.25, -0.2) is 0 Å². The lowest BCUT2D eigenvalue weighted by Gasteiger charge is -2.21. The van der Waals surface area contributed by atoms with E-state index in [9.17, 15) is 9.90 Å². The predicted molar refractivity (Wildman–Crippen MR) is 62.9 cm³/mol. The van der Waals surface area contributed by atoms with Crippen LogP contribution < -0.4 is 0 Å². The largest absolute Gasteiger partial charge is 0.508 e. The standard InChI is InChI=1S/C12H17NO4/c1-9-10(3-2-4-11(9)16)12(17)13(5-7-14)6-8-15/h2-4,14-16H,5-8H2,1H3. The average Bonchev–Trinajstić information content (AvgIpc) is 2.31. The van der Waals surface area contributed by atoms with Crippen LogP contribution in [0.15, 0.2) is 18.2 Å². The van der Waals surface area contributed by atoms with Gasteiger partial charge in [0.05, 0.1) is 13.2 Å². The number of benzene rings is 1. The van der Waals surface area contributed by atoms with E-state index in [4.69, 9.17) is 10.2 Å².